The van der Waals surface area contributed by atoms with Gasteiger partial charge in [0.25, 0.3) is 0 Å². The highest BCUT2D eigenvalue weighted by Gasteiger charge is 2.37. The number of aliphatic hydroxyl groups excluding tert-OH is 1. The molecule has 15 nitrogen and oxygen atoms in total. The number of piperidine rings is 1. The zero-order valence-electron chi connectivity index (χ0n) is 80.4. The van der Waals surface area contributed by atoms with Crippen molar-refractivity contribution in [1.29, 1.82) is 0 Å². The predicted molar refractivity (Wildman–Crippen MR) is 478 cm³/mol. The van der Waals surface area contributed by atoms with Crippen molar-refractivity contribution >= 4 is 11.7 Å². The molecule has 1 unspecified atom stereocenters. The standard InChI is InChI=1S/C13H25N.C12H24N2O.C11H18N2.C10H23N.C9H20N2.C9H21N.C8H17NO.C8H17N.C8H13N.C6H12O/c1-13(2,3)10-11-6-8-14(9-7-11)12-4-5-12;1-12(2,3)7-6-11(15)14-8-10(9-14)13(4)5;1-11(2,3)7-4-6-10-12-8-5-9-13-10;1-10(2,3)8-6-7-9-11(4)5;1-9(2,3)11-6-8(7-11)10(4)5;1-9(2,3)7-6-8-10(4)5;1-8(2,3)9-5-4-7(10)6-9;1-8(2,3)7-5-9(4)6-7;1-8(2,3)9-6-4-5-7-9;1-5(7)6(2,3)4/h11-12H,4-10H2,1-3H3;10H,6-9H2,1-5H3;5,8-9H,4,6-7H2,1-3H3;6-9H2,1-5H3;8H,6-7H2,1-5H3;6-8H2,1-5H3;7,10H,4-6H2,1-3H3;7H,5-6H2,1-4H3;4-7H,1-3H3;1-4H3. The molecule has 0 aromatic carbocycles. The highest BCUT2D eigenvalue weighted by Crippen LogP contribution is 2.36. The number of Topliss-reactive ketones (excluding diaryl/α,β-unsaturated/α-hetero) is 1. The van der Waals surface area contributed by atoms with Crippen molar-refractivity contribution in [2.24, 2.45) is 49.7 Å². The van der Waals surface area contributed by atoms with Gasteiger partial charge in [-0.05, 0) is 305 Å². The zero-order chi connectivity index (χ0) is 85.1. The third-order valence-electron chi connectivity index (χ3n) is 21.3. The van der Waals surface area contributed by atoms with Gasteiger partial charge >= 0.3 is 0 Å². The highest BCUT2D eigenvalue weighted by molar-refractivity contribution is 5.80. The molecule has 0 spiro atoms. The van der Waals surface area contributed by atoms with E-state index in [1.54, 1.807) is 19.3 Å². The number of ketones is 1. The number of rotatable bonds is 16. The molecule has 6 aliphatic rings. The van der Waals surface area contributed by atoms with Crippen LogP contribution in [0.1, 0.15) is 317 Å². The molecule has 8 rings (SSSR count). The van der Waals surface area contributed by atoms with Crippen LogP contribution in [-0.4, -0.2) is 253 Å². The Labute approximate surface area is 680 Å². The Morgan fingerprint density at radius 3 is 1.19 bits per heavy atom. The van der Waals surface area contributed by atoms with E-state index in [2.05, 4.69) is 316 Å². The first kappa shape index (κ1) is 108. The molecule has 6 fully saturated rings. The summed E-state index contributed by atoms with van der Waals surface area (Å²) in [7, 11) is 19.2. The van der Waals surface area contributed by atoms with Crippen molar-refractivity contribution in [1.82, 2.24) is 58.6 Å². The van der Waals surface area contributed by atoms with Gasteiger partial charge in [0, 0.05) is 130 Å². The summed E-state index contributed by atoms with van der Waals surface area (Å²) in [6.07, 6.45) is 27.7. The number of hydrogen-bond acceptors (Lipinski definition) is 13. The van der Waals surface area contributed by atoms with E-state index in [0.717, 1.165) is 75.2 Å². The van der Waals surface area contributed by atoms with Gasteiger partial charge in [-0.15, -0.1) is 0 Å². The number of aromatic nitrogens is 3. The van der Waals surface area contributed by atoms with Gasteiger partial charge in [-0.2, -0.15) is 0 Å². The minimum absolute atomic E-state index is 0.0841. The fraction of sp³-hybridized carbons (Fsp3) is 0.894. The fourth-order valence-electron chi connectivity index (χ4n) is 12.4. The Kier molecular flexibility index (Phi) is 49.5. The summed E-state index contributed by atoms with van der Waals surface area (Å²) < 4.78 is 2.19. The van der Waals surface area contributed by atoms with Crippen LogP contribution in [0, 0.1) is 49.7 Å². The molecule has 5 aliphatic heterocycles. The SMILES string of the molecule is CC(=O)C(C)(C)C.CC(C)(C)CC1CCN(C2CC2)CC1.CC(C)(C)CCCc1ncccn1.CC(C)(C)N1CCC(O)C1.CC(C)(C)n1cccc1.CN(C)C1CN(C(=O)CCC(C)(C)C)C1.CN(C)C1CN(C(C)(C)C)C1.CN(C)CCCC(C)(C)C.CN(C)CCCCC(C)(C)C.CN1CC(C(C)(C)C)C1. The predicted octanol–water partition coefficient (Wildman–Crippen LogP) is 20.2. The number of carbonyl (C=O) groups excluding carboxylic acids is 2. The van der Waals surface area contributed by atoms with Gasteiger partial charge in [-0.3, -0.25) is 19.4 Å². The van der Waals surface area contributed by atoms with Crippen molar-refractivity contribution in [2.75, 3.05) is 142 Å². The van der Waals surface area contributed by atoms with Gasteiger partial charge in [-0.1, -0.05) is 152 Å². The number of nitrogens with zero attached hydrogens (tertiary/aromatic N) is 12. The molecule has 1 amide bonds. The molecule has 0 bridgehead atoms. The van der Waals surface area contributed by atoms with Gasteiger partial charge in [0.2, 0.25) is 5.91 Å². The van der Waals surface area contributed by atoms with Gasteiger partial charge in [-0.25, -0.2) is 9.97 Å². The number of likely N-dealkylation sites (tertiary alicyclic amines) is 5. The van der Waals surface area contributed by atoms with Crippen molar-refractivity contribution in [3.63, 3.8) is 0 Å². The van der Waals surface area contributed by atoms with Crippen LogP contribution in [0.15, 0.2) is 43.0 Å². The largest absolute Gasteiger partial charge is 0.392 e. The van der Waals surface area contributed by atoms with Crippen LogP contribution in [0.2, 0.25) is 0 Å². The Morgan fingerprint density at radius 2 is 0.881 bits per heavy atom. The van der Waals surface area contributed by atoms with Crippen molar-refractivity contribution in [3.8, 4) is 0 Å². The number of aryl methyl sites for hydroxylation is 1. The topological polar surface area (TPSA) is 114 Å². The summed E-state index contributed by atoms with van der Waals surface area (Å²) in [4.78, 5) is 51.5. The first-order valence-corrected chi connectivity index (χ1v) is 43.1. The highest BCUT2D eigenvalue weighted by atomic mass is 16.3. The number of β-amino-alcohol motifs (C(OH)–C–C–N with tert-alkyl or cyclic N) is 1. The Hall–Kier alpha value is -2.86. The van der Waals surface area contributed by atoms with Crippen molar-refractivity contribution < 1.29 is 14.7 Å². The first-order valence-electron chi connectivity index (χ1n) is 43.1. The normalized spacial score (nSPS) is 18.4. The number of amides is 1. The molecule has 5 saturated heterocycles. The Balaban J connectivity index is 0. The van der Waals surface area contributed by atoms with Crippen LogP contribution in [0.25, 0.3) is 0 Å². The lowest BCUT2D eigenvalue weighted by molar-refractivity contribution is -0.138. The number of unbranched alkanes of at least 4 members (excludes halogenated alkanes) is 1. The second kappa shape index (κ2) is 49.9. The monoisotopic (exact) mass is 1540 g/mol. The molecule has 1 saturated carbocycles. The smallest absolute Gasteiger partial charge is 0.222 e. The van der Waals surface area contributed by atoms with E-state index in [9.17, 15) is 14.7 Å². The Morgan fingerprint density at radius 1 is 0.468 bits per heavy atom. The van der Waals surface area contributed by atoms with E-state index in [-0.39, 0.29) is 33.8 Å². The Bertz CT molecular complexity index is 2570. The second-order valence-corrected chi connectivity index (χ2v) is 45.4. The lowest BCUT2D eigenvalue weighted by Gasteiger charge is -2.49. The summed E-state index contributed by atoms with van der Waals surface area (Å²) >= 11 is 0. The lowest BCUT2D eigenvalue weighted by atomic mass is 9.76. The third kappa shape index (κ3) is 59.5. The maximum Gasteiger partial charge on any atom is 0.222 e. The molecule has 15 heteroatoms. The van der Waals surface area contributed by atoms with Crippen molar-refractivity contribution in [3.05, 3.63) is 48.8 Å². The summed E-state index contributed by atoms with van der Waals surface area (Å²) in [6, 6.07) is 8.30. The fourth-order valence-corrected chi connectivity index (χ4v) is 12.4. The summed E-state index contributed by atoms with van der Waals surface area (Å²) in [6.45, 7) is 82.5. The average molecular weight is 1540 g/mol. The van der Waals surface area contributed by atoms with Gasteiger partial charge in [0.15, 0.2) is 0 Å². The lowest BCUT2D eigenvalue weighted by Crippen LogP contribution is -2.63. The van der Waals surface area contributed by atoms with Crippen LogP contribution in [0.5, 0.6) is 0 Å². The van der Waals surface area contributed by atoms with E-state index >= 15 is 0 Å². The number of carbonyl (C=O) groups is 2. The van der Waals surface area contributed by atoms with E-state index in [0.29, 0.717) is 51.0 Å². The minimum Gasteiger partial charge on any atom is -0.392 e. The van der Waals surface area contributed by atoms with E-state index in [1.165, 1.54) is 129 Å². The quantitative estimate of drug-likeness (QED) is 0.161. The van der Waals surface area contributed by atoms with Crippen molar-refractivity contribution in [2.45, 2.75) is 358 Å². The molecular weight excluding hydrogens is 1350 g/mol. The number of hydrogen-bond donors (Lipinski definition) is 1. The molecule has 644 valence electrons. The first-order chi connectivity index (χ1) is 49.2. The van der Waals surface area contributed by atoms with Gasteiger partial charge in [0.1, 0.15) is 11.6 Å². The number of aliphatic hydroxyl groups is 1. The maximum atomic E-state index is 11.7. The van der Waals surface area contributed by atoms with E-state index in [1.807, 2.05) is 43.9 Å². The van der Waals surface area contributed by atoms with E-state index in [4.69, 9.17) is 0 Å². The second-order valence-electron chi connectivity index (χ2n) is 45.4. The van der Waals surface area contributed by atoms with E-state index < -0.39 is 0 Å². The molecule has 1 aliphatic carbocycles. The van der Waals surface area contributed by atoms with Crippen LogP contribution in [-0.2, 0) is 21.5 Å². The molecule has 2 aromatic heterocycles. The van der Waals surface area contributed by atoms with Crippen LogP contribution in [0.3, 0.4) is 0 Å². The molecule has 2 aromatic rings. The molecule has 109 heavy (non-hydrogen) atoms. The maximum absolute atomic E-state index is 11.7. The molecule has 7 heterocycles. The number of likely N-dealkylation sites (N-methyl/N-ethyl adjacent to an activating group) is 2. The molecular formula is C94H190N12O3. The summed E-state index contributed by atoms with van der Waals surface area (Å²) in [5.74, 6) is 3.47. The van der Waals surface area contributed by atoms with Crippen LogP contribution in [0.4, 0.5) is 0 Å². The van der Waals surface area contributed by atoms with Crippen LogP contribution >= 0.6 is 0 Å². The molecule has 1 atom stereocenters. The third-order valence-corrected chi connectivity index (χ3v) is 21.3. The van der Waals surface area contributed by atoms with Gasteiger partial charge in [0.05, 0.1) is 6.10 Å². The average Bonchev–Trinajstić information content (AvgIpc) is 1.53. The van der Waals surface area contributed by atoms with Gasteiger partial charge < -0.3 is 44.0 Å². The zero-order valence-corrected chi connectivity index (χ0v) is 80.4. The summed E-state index contributed by atoms with van der Waals surface area (Å²) in [5.41, 5.74) is 3.49. The molecule has 0 radical (unpaired) electrons. The summed E-state index contributed by atoms with van der Waals surface area (Å²) in [5, 5.41) is 9.22. The van der Waals surface area contributed by atoms with Crippen LogP contribution < -0.4 is 0 Å². The minimum atomic E-state index is -0.139. The molecule has 1 N–H and O–H groups in total.